The van der Waals surface area contributed by atoms with E-state index in [0.717, 1.165) is 22.8 Å². The van der Waals surface area contributed by atoms with Crippen LogP contribution in [-0.4, -0.2) is 22.8 Å². The highest BCUT2D eigenvalue weighted by molar-refractivity contribution is 6.04. The fourth-order valence-electron chi connectivity index (χ4n) is 2.72. The van der Waals surface area contributed by atoms with Crippen molar-refractivity contribution in [3.05, 3.63) is 77.1 Å². The SMILES string of the molecule is COc1ccc(C(=O)Nc2c(C)nn(Cc3ccccc3)c2C)cc1. The Balaban J connectivity index is 1.79. The molecule has 25 heavy (non-hydrogen) atoms. The largest absolute Gasteiger partial charge is 0.497 e. The molecule has 0 fully saturated rings. The molecule has 128 valence electrons. The first-order valence-electron chi connectivity index (χ1n) is 8.12. The summed E-state index contributed by atoms with van der Waals surface area (Å²) in [6, 6.07) is 17.2. The molecule has 0 aliphatic carbocycles. The van der Waals surface area contributed by atoms with E-state index in [0.29, 0.717) is 12.1 Å². The number of aromatic nitrogens is 2. The van der Waals surface area contributed by atoms with Crippen LogP contribution in [0.5, 0.6) is 5.75 Å². The molecule has 0 atom stereocenters. The third kappa shape index (κ3) is 3.71. The molecule has 0 saturated carbocycles. The van der Waals surface area contributed by atoms with Gasteiger partial charge in [-0.3, -0.25) is 9.48 Å². The lowest BCUT2D eigenvalue weighted by molar-refractivity contribution is 0.102. The first-order valence-corrected chi connectivity index (χ1v) is 8.12. The molecule has 2 aromatic carbocycles. The minimum absolute atomic E-state index is 0.159. The monoisotopic (exact) mass is 335 g/mol. The number of ether oxygens (including phenoxy) is 1. The summed E-state index contributed by atoms with van der Waals surface area (Å²) in [6.45, 7) is 4.54. The van der Waals surface area contributed by atoms with E-state index in [-0.39, 0.29) is 5.91 Å². The number of hydrogen-bond acceptors (Lipinski definition) is 3. The third-order valence-corrected chi connectivity index (χ3v) is 4.15. The van der Waals surface area contributed by atoms with Crippen LogP contribution in [0.1, 0.15) is 27.3 Å². The zero-order valence-electron chi connectivity index (χ0n) is 14.6. The summed E-state index contributed by atoms with van der Waals surface area (Å²) in [5.41, 5.74) is 4.24. The van der Waals surface area contributed by atoms with Gasteiger partial charge in [-0.15, -0.1) is 0 Å². The number of hydrogen-bond donors (Lipinski definition) is 1. The van der Waals surface area contributed by atoms with Gasteiger partial charge in [-0.2, -0.15) is 5.10 Å². The van der Waals surface area contributed by atoms with Gasteiger partial charge in [0.2, 0.25) is 0 Å². The molecule has 0 aliphatic rings. The first-order chi connectivity index (χ1) is 12.1. The lowest BCUT2D eigenvalue weighted by Gasteiger charge is -2.08. The van der Waals surface area contributed by atoms with Crippen molar-refractivity contribution in [2.45, 2.75) is 20.4 Å². The maximum absolute atomic E-state index is 12.5. The minimum atomic E-state index is -0.159. The Morgan fingerprint density at radius 2 is 1.76 bits per heavy atom. The molecule has 0 saturated heterocycles. The first kappa shape index (κ1) is 16.8. The second-order valence-corrected chi connectivity index (χ2v) is 5.87. The van der Waals surface area contributed by atoms with Gasteiger partial charge >= 0.3 is 0 Å². The second kappa shape index (κ2) is 7.21. The Bertz CT molecular complexity index is 868. The molecule has 1 aromatic heterocycles. The van der Waals surface area contributed by atoms with E-state index in [2.05, 4.69) is 22.5 Å². The number of carbonyl (C=O) groups is 1. The Hall–Kier alpha value is -3.08. The molecule has 1 heterocycles. The highest BCUT2D eigenvalue weighted by Crippen LogP contribution is 2.22. The summed E-state index contributed by atoms with van der Waals surface area (Å²) >= 11 is 0. The zero-order chi connectivity index (χ0) is 17.8. The molecule has 5 nitrogen and oxygen atoms in total. The molecule has 0 bridgehead atoms. The van der Waals surface area contributed by atoms with Crippen molar-refractivity contribution in [3.63, 3.8) is 0 Å². The molecular formula is C20H21N3O2. The van der Waals surface area contributed by atoms with Crippen molar-refractivity contribution in [2.24, 2.45) is 0 Å². The van der Waals surface area contributed by atoms with Crippen LogP contribution in [0.3, 0.4) is 0 Å². The molecule has 0 radical (unpaired) electrons. The zero-order valence-corrected chi connectivity index (χ0v) is 14.6. The van der Waals surface area contributed by atoms with Gasteiger partial charge in [-0.1, -0.05) is 30.3 Å². The van der Waals surface area contributed by atoms with Crippen LogP contribution in [0.25, 0.3) is 0 Å². The van der Waals surface area contributed by atoms with Crippen molar-refractivity contribution in [1.29, 1.82) is 0 Å². The lowest BCUT2D eigenvalue weighted by atomic mass is 10.2. The van der Waals surface area contributed by atoms with Crippen molar-refractivity contribution in [3.8, 4) is 5.75 Å². The fraction of sp³-hybridized carbons (Fsp3) is 0.200. The number of carbonyl (C=O) groups excluding carboxylic acids is 1. The van der Waals surface area contributed by atoms with Crippen molar-refractivity contribution >= 4 is 11.6 Å². The maximum atomic E-state index is 12.5. The number of amides is 1. The predicted molar refractivity (Wildman–Crippen MR) is 98.2 cm³/mol. The summed E-state index contributed by atoms with van der Waals surface area (Å²) in [5.74, 6) is 0.563. The Morgan fingerprint density at radius 3 is 2.40 bits per heavy atom. The lowest BCUT2D eigenvalue weighted by Crippen LogP contribution is -2.13. The van der Waals surface area contributed by atoms with Gasteiger partial charge in [-0.25, -0.2) is 0 Å². The number of aryl methyl sites for hydroxylation is 1. The normalized spacial score (nSPS) is 10.5. The highest BCUT2D eigenvalue weighted by Gasteiger charge is 2.15. The van der Waals surface area contributed by atoms with Crippen LogP contribution in [0.15, 0.2) is 54.6 Å². The van der Waals surface area contributed by atoms with Crippen LogP contribution in [0.4, 0.5) is 5.69 Å². The third-order valence-electron chi connectivity index (χ3n) is 4.15. The Labute approximate surface area is 147 Å². The highest BCUT2D eigenvalue weighted by atomic mass is 16.5. The molecule has 3 aromatic rings. The molecule has 0 unspecified atom stereocenters. The topological polar surface area (TPSA) is 56.1 Å². The van der Waals surface area contributed by atoms with E-state index >= 15 is 0 Å². The molecule has 0 spiro atoms. The quantitative estimate of drug-likeness (QED) is 0.771. The van der Waals surface area contributed by atoms with Gasteiger partial charge < -0.3 is 10.1 Å². The van der Waals surface area contributed by atoms with Gasteiger partial charge in [0.1, 0.15) is 5.75 Å². The number of benzene rings is 2. The van der Waals surface area contributed by atoms with Crippen LogP contribution in [-0.2, 0) is 6.54 Å². The summed E-state index contributed by atoms with van der Waals surface area (Å²) in [7, 11) is 1.60. The maximum Gasteiger partial charge on any atom is 0.255 e. The summed E-state index contributed by atoms with van der Waals surface area (Å²) in [6.07, 6.45) is 0. The molecule has 1 N–H and O–H groups in total. The van der Waals surface area contributed by atoms with Crippen molar-refractivity contribution < 1.29 is 9.53 Å². The molecule has 1 amide bonds. The van der Waals surface area contributed by atoms with E-state index in [1.165, 1.54) is 5.56 Å². The minimum Gasteiger partial charge on any atom is -0.497 e. The van der Waals surface area contributed by atoms with Crippen LogP contribution >= 0.6 is 0 Å². The summed E-state index contributed by atoms with van der Waals surface area (Å²) in [5, 5.41) is 7.54. The van der Waals surface area contributed by atoms with E-state index < -0.39 is 0 Å². The van der Waals surface area contributed by atoms with Gasteiger partial charge in [0.05, 0.1) is 30.7 Å². The molecule has 3 rings (SSSR count). The van der Waals surface area contributed by atoms with Gasteiger partial charge in [0.15, 0.2) is 0 Å². The molecular weight excluding hydrogens is 314 g/mol. The Morgan fingerprint density at radius 1 is 1.08 bits per heavy atom. The average Bonchev–Trinajstić information content (AvgIpc) is 2.90. The van der Waals surface area contributed by atoms with E-state index in [1.807, 2.05) is 36.7 Å². The van der Waals surface area contributed by atoms with Gasteiger partial charge in [-0.05, 0) is 43.7 Å². The number of anilines is 1. The molecule has 5 heteroatoms. The van der Waals surface area contributed by atoms with Crippen LogP contribution in [0.2, 0.25) is 0 Å². The van der Waals surface area contributed by atoms with Gasteiger partial charge in [0.25, 0.3) is 5.91 Å². The van der Waals surface area contributed by atoms with E-state index in [1.54, 1.807) is 31.4 Å². The van der Waals surface area contributed by atoms with Crippen molar-refractivity contribution in [2.75, 3.05) is 12.4 Å². The number of rotatable bonds is 5. The average molecular weight is 335 g/mol. The summed E-state index contributed by atoms with van der Waals surface area (Å²) in [4.78, 5) is 12.5. The van der Waals surface area contributed by atoms with E-state index in [4.69, 9.17) is 4.74 Å². The predicted octanol–water partition coefficient (Wildman–Crippen LogP) is 3.81. The summed E-state index contributed by atoms with van der Waals surface area (Å²) < 4.78 is 7.03. The standard InChI is InChI=1S/C20H21N3O2/c1-14-19(21-20(24)17-9-11-18(25-3)12-10-17)15(2)23(22-14)13-16-7-5-4-6-8-16/h4-12H,13H2,1-3H3,(H,21,24). The number of methoxy groups -OCH3 is 1. The van der Waals surface area contributed by atoms with Crippen molar-refractivity contribution in [1.82, 2.24) is 9.78 Å². The van der Waals surface area contributed by atoms with E-state index in [9.17, 15) is 4.79 Å². The smallest absolute Gasteiger partial charge is 0.255 e. The Kier molecular flexibility index (Phi) is 4.84. The van der Waals surface area contributed by atoms with Crippen LogP contribution < -0.4 is 10.1 Å². The molecule has 0 aliphatic heterocycles. The van der Waals surface area contributed by atoms with Gasteiger partial charge in [0, 0.05) is 5.56 Å². The fourth-order valence-corrected chi connectivity index (χ4v) is 2.72. The van der Waals surface area contributed by atoms with Crippen LogP contribution in [0, 0.1) is 13.8 Å². The number of nitrogens with one attached hydrogen (secondary N) is 1. The number of nitrogens with zero attached hydrogens (tertiary/aromatic N) is 2. The second-order valence-electron chi connectivity index (χ2n) is 5.87.